The molecule has 0 aliphatic carbocycles. The molecule has 1 aromatic heterocycles. The van der Waals surface area contributed by atoms with Gasteiger partial charge in [0.2, 0.25) is 0 Å². The van der Waals surface area contributed by atoms with Crippen LogP contribution in [0.4, 0.5) is 0 Å². The van der Waals surface area contributed by atoms with Crippen LogP contribution in [0.1, 0.15) is 24.3 Å². The molecule has 12 heavy (non-hydrogen) atoms. The van der Waals surface area contributed by atoms with E-state index in [1.54, 1.807) is 11.3 Å². The summed E-state index contributed by atoms with van der Waals surface area (Å²) in [5, 5.41) is 19.8. The average Bonchev–Trinajstić information content (AvgIpc) is 2.46. The van der Waals surface area contributed by atoms with Crippen molar-refractivity contribution in [3.8, 4) is 0 Å². The monoisotopic (exact) mass is 184 g/mol. The van der Waals surface area contributed by atoms with Crippen LogP contribution in [0.15, 0.2) is 5.38 Å². The third-order valence-corrected chi connectivity index (χ3v) is 3.16. The zero-order chi connectivity index (χ0) is 9.14. The second kappa shape index (κ2) is 4.07. The van der Waals surface area contributed by atoms with Gasteiger partial charge in [0.15, 0.2) is 0 Å². The summed E-state index contributed by atoms with van der Waals surface area (Å²) < 4.78 is 0. The highest BCUT2D eigenvalue weighted by molar-refractivity contribution is 7.11. The molecule has 2 nitrogen and oxygen atoms in total. The third kappa shape index (κ3) is 1.71. The molecule has 0 bridgehead atoms. The molecule has 0 spiro atoms. The average molecular weight is 184 g/mol. The molecule has 4 heteroatoms. The Morgan fingerprint density at radius 1 is 1.33 bits per heavy atom. The Morgan fingerprint density at radius 2 is 2.00 bits per heavy atom. The van der Waals surface area contributed by atoms with Gasteiger partial charge in [-0.25, -0.2) is 0 Å². The summed E-state index contributed by atoms with van der Waals surface area (Å²) in [5.74, 6) is 0. The fourth-order valence-electron chi connectivity index (χ4n) is 1.35. The molecule has 0 aliphatic heterocycles. The van der Waals surface area contributed by atoms with Gasteiger partial charge in [0.25, 0.3) is 0 Å². The van der Waals surface area contributed by atoms with Crippen LogP contribution in [0.2, 0.25) is 0 Å². The van der Waals surface area contributed by atoms with Gasteiger partial charge in [0.1, 0.15) is 0 Å². The zero-order valence-electron chi connectivity index (χ0n) is 7.37. The lowest BCUT2D eigenvalue weighted by Crippen LogP contribution is -2.31. The molecule has 0 atom stereocenters. The fourth-order valence-corrected chi connectivity index (χ4v) is 2.46. The summed E-state index contributed by atoms with van der Waals surface area (Å²) in [6.45, 7) is 4.12. The Hall–Kier alpha value is -0.315. The van der Waals surface area contributed by atoms with Crippen LogP contribution in [0.5, 0.6) is 0 Å². The fraction of sp³-hybridized carbons (Fsp3) is 0.500. The van der Waals surface area contributed by atoms with Gasteiger partial charge in [-0.2, -0.15) is 0 Å². The van der Waals surface area contributed by atoms with Crippen molar-refractivity contribution < 1.29 is 10.0 Å². The number of thiophene rings is 1. The highest BCUT2D eigenvalue weighted by Crippen LogP contribution is 2.16. The van der Waals surface area contributed by atoms with Crippen molar-refractivity contribution >= 4 is 23.9 Å². The van der Waals surface area contributed by atoms with Crippen molar-refractivity contribution in [1.82, 2.24) is 0 Å². The van der Waals surface area contributed by atoms with Gasteiger partial charge >= 0.3 is 7.12 Å². The minimum absolute atomic E-state index is 0.680. The zero-order valence-corrected chi connectivity index (χ0v) is 8.19. The first-order valence-corrected chi connectivity index (χ1v) is 5.03. The molecule has 0 saturated carbocycles. The largest absolute Gasteiger partial charge is 0.489 e. The molecule has 0 amide bonds. The molecule has 0 aromatic carbocycles. The number of hydrogen-bond donors (Lipinski definition) is 2. The maximum atomic E-state index is 9.01. The summed E-state index contributed by atoms with van der Waals surface area (Å²) in [6.07, 6.45) is 1.85. The quantitative estimate of drug-likeness (QED) is 0.673. The van der Waals surface area contributed by atoms with Crippen molar-refractivity contribution in [2.24, 2.45) is 0 Å². The van der Waals surface area contributed by atoms with Crippen LogP contribution in [-0.2, 0) is 12.8 Å². The standard InChI is InChI=1S/C8H13BO2S/c1-3-6-7(9(10)11)5-12-8(6)4-2/h5,10-11H,3-4H2,1-2H3. The first kappa shape index (κ1) is 9.77. The van der Waals surface area contributed by atoms with E-state index in [1.165, 1.54) is 4.88 Å². The Bertz CT molecular complexity index is 258. The Kier molecular flexibility index (Phi) is 3.32. The highest BCUT2D eigenvalue weighted by atomic mass is 32.1. The van der Waals surface area contributed by atoms with E-state index in [2.05, 4.69) is 6.92 Å². The van der Waals surface area contributed by atoms with E-state index < -0.39 is 7.12 Å². The van der Waals surface area contributed by atoms with Gasteiger partial charge in [0.05, 0.1) is 0 Å². The van der Waals surface area contributed by atoms with Gasteiger partial charge in [-0.3, -0.25) is 0 Å². The van der Waals surface area contributed by atoms with Crippen LogP contribution >= 0.6 is 11.3 Å². The lowest BCUT2D eigenvalue weighted by atomic mass is 9.78. The molecule has 66 valence electrons. The van der Waals surface area contributed by atoms with Gasteiger partial charge in [-0.05, 0) is 29.2 Å². The lowest BCUT2D eigenvalue weighted by molar-refractivity contribution is 0.425. The SMILES string of the molecule is CCc1scc(B(O)O)c1CC. The first-order valence-electron chi connectivity index (χ1n) is 4.15. The second-order valence-corrected chi connectivity index (χ2v) is 3.64. The van der Waals surface area contributed by atoms with Crippen molar-refractivity contribution in [2.45, 2.75) is 26.7 Å². The van der Waals surface area contributed by atoms with E-state index in [9.17, 15) is 0 Å². The number of aryl methyl sites for hydroxylation is 1. The Morgan fingerprint density at radius 3 is 2.42 bits per heavy atom. The molecule has 1 rings (SSSR count). The minimum Gasteiger partial charge on any atom is -0.423 e. The number of hydrogen-bond acceptors (Lipinski definition) is 3. The normalized spacial score (nSPS) is 10.3. The predicted octanol–water partition coefficient (Wildman–Crippen LogP) is 0.553. The van der Waals surface area contributed by atoms with Crippen LogP contribution in [0.25, 0.3) is 0 Å². The van der Waals surface area contributed by atoms with E-state index >= 15 is 0 Å². The second-order valence-electron chi connectivity index (χ2n) is 2.67. The van der Waals surface area contributed by atoms with Crippen LogP contribution in [0.3, 0.4) is 0 Å². The molecule has 1 aromatic rings. The van der Waals surface area contributed by atoms with E-state index in [-0.39, 0.29) is 0 Å². The molecular weight excluding hydrogens is 171 g/mol. The highest BCUT2D eigenvalue weighted by Gasteiger charge is 2.18. The van der Waals surface area contributed by atoms with Gasteiger partial charge < -0.3 is 10.0 Å². The van der Waals surface area contributed by atoms with E-state index in [0.29, 0.717) is 5.46 Å². The van der Waals surface area contributed by atoms with Crippen molar-refractivity contribution in [2.75, 3.05) is 0 Å². The summed E-state index contributed by atoms with van der Waals surface area (Å²) in [6, 6.07) is 0. The maximum absolute atomic E-state index is 9.01. The summed E-state index contributed by atoms with van der Waals surface area (Å²) in [5.41, 5.74) is 1.79. The van der Waals surface area contributed by atoms with Crippen molar-refractivity contribution in [3.05, 3.63) is 15.8 Å². The van der Waals surface area contributed by atoms with E-state index in [0.717, 1.165) is 18.4 Å². The number of rotatable bonds is 3. The molecule has 0 saturated heterocycles. The minimum atomic E-state index is -1.31. The van der Waals surface area contributed by atoms with Crippen LogP contribution in [0, 0.1) is 0 Å². The van der Waals surface area contributed by atoms with E-state index in [4.69, 9.17) is 10.0 Å². The van der Waals surface area contributed by atoms with Crippen molar-refractivity contribution in [3.63, 3.8) is 0 Å². The van der Waals surface area contributed by atoms with Crippen LogP contribution in [-0.4, -0.2) is 17.2 Å². The molecule has 0 fully saturated rings. The smallest absolute Gasteiger partial charge is 0.423 e. The van der Waals surface area contributed by atoms with Crippen molar-refractivity contribution in [1.29, 1.82) is 0 Å². The molecular formula is C8H13BO2S. The molecule has 2 N–H and O–H groups in total. The molecule has 0 aliphatic rings. The first-order chi connectivity index (χ1) is 5.70. The van der Waals surface area contributed by atoms with Crippen LogP contribution < -0.4 is 5.46 Å². The maximum Gasteiger partial charge on any atom is 0.489 e. The Balaban J connectivity index is 3.05. The molecule has 0 radical (unpaired) electrons. The topological polar surface area (TPSA) is 40.5 Å². The summed E-state index contributed by atoms with van der Waals surface area (Å²) in [4.78, 5) is 1.26. The van der Waals surface area contributed by atoms with Gasteiger partial charge in [-0.1, -0.05) is 13.8 Å². The summed E-state index contributed by atoms with van der Waals surface area (Å²) in [7, 11) is -1.31. The summed E-state index contributed by atoms with van der Waals surface area (Å²) >= 11 is 1.61. The molecule has 0 unspecified atom stereocenters. The van der Waals surface area contributed by atoms with Gasteiger partial charge in [-0.15, -0.1) is 11.3 Å². The Labute approximate surface area is 77.0 Å². The predicted molar refractivity (Wildman–Crippen MR) is 52.9 cm³/mol. The molecule has 1 heterocycles. The van der Waals surface area contributed by atoms with Gasteiger partial charge in [0, 0.05) is 4.88 Å². The third-order valence-electron chi connectivity index (χ3n) is 1.97. The lowest BCUT2D eigenvalue weighted by Gasteiger charge is -2.01. The van der Waals surface area contributed by atoms with E-state index in [1.807, 2.05) is 12.3 Å².